The van der Waals surface area contributed by atoms with Crippen LogP contribution >= 0.6 is 0 Å². The van der Waals surface area contributed by atoms with Gasteiger partial charge in [0.15, 0.2) is 6.61 Å². The molecule has 0 saturated heterocycles. The van der Waals surface area contributed by atoms with Crippen LogP contribution in [0.5, 0.6) is 0 Å². The highest BCUT2D eigenvalue weighted by Gasteiger charge is 2.19. The fraction of sp³-hybridized carbons (Fsp3) is 0.467. The van der Waals surface area contributed by atoms with Crippen LogP contribution in [0, 0.1) is 0 Å². The van der Waals surface area contributed by atoms with Gasteiger partial charge in [-0.3, -0.25) is 9.59 Å². The molecular weight excluding hydrogens is 256 g/mol. The zero-order chi connectivity index (χ0) is 15.3. The predicted octanol–water partition coefficient (Wildman–Crippen LogP) is 1.83. The number of amides is 1. The lowest BCUT2D eigenvalue weighted by molar-refractivity contribution is -0.150. The molecule has 1 aromatic carbocycles. The molecule has 0 spiro atoms. The molecule has 5 heteroatoms. The van der Waals surface area contributed by atoms with Crippen molar-refractivity contribution in [3.05, 3.63) is 29.8 Å². The second-order valence-corrected chi connectivity index (χ2v) is 5.80. The van der Waals surface area contributed by atoms with Gasteiger partial charge in [0, 0.05) is 11.2 Å². The Balaban J connectivity index is 2.53. The zero-order valence-corrected chi connectivity index (χ0v) is 12.4. The second kappa shape index (κ2) is 6.41. The first-order valence-electron chi connectivity index (χ1n) is 6.52. The predicted molar refractivity (Wildman–Crippen MR) is 78.1 cm³/mol. The molecule has 3 N–H and O–H groups in total. The van der Waals surface area contributed by atoms with Crippen LogP contribution in [0.1, 0.15) is 39.2 Å². The molecule has 110 valence electrons. The SMILES string of the molecule is CC(C(=O)OCC(=O)NC(C)(C)C)c1cccc(N)c1. The summed E-state index contributed by atoms with van der Waals surface area (Å²) < 4.78 is 5.01. The van der Waals surface area contributed by atoms with Crippen LogP contribution in [0.3, 0.4) is 0 Å². The normalized spacial score (nSPS) is 12.6. The molecule has 1 aromatic rings. The number of esters is 1. The van der Waals surface area contributed by atoms with Gasteiger partial charge in [-0.2, -0.15) is 0 Å². The third-order valence-corrected chi connectivity index (χ3v) is 2.62. The molecule has 0 aromatic heterocycles. The van der Waals surface area contributed by atoms with Gasteiger partial charge in [0.05, 0.1) is 5.92 Å². The number of nitrogens with two attached hydrogens (primary N) is 1. The number of carbonyl (C=O) groups excluding carboxylic acids is 2. The van der Waals surface area contributed by atoms with E-state index in [4.69, 9.17) is 10.5 Å². The summed E-state index contributed by atoms with van der Waals surface area (Å²) in [5.41, 5.74) is 6.69. The molecule has 1 rings (SSSR count). The van der Waals surface area contributed by atoms with Crippen molar-refractivity contribution in [2.75, 3.05) is 12.3 Å². The van der Waals surface area contributed by atoms with E-state index >= 15 is 0 Å². The molecule has 0 fully saturated rings. The average molecular weight is 278 g/mol. The molecular formula is C15H22N2O3. The molecule has 0 aliphatic rings. The van der Waals surface area contributed by atoms with Crippen LogP contribution in [0.4, 0.5) is 5.69 Å². The minimum Gasteiger partial charge on any atom is -0.455 e. The highest BCUT2D eigenvalue weighted by molar-refractivity contribution is 5.83. The molecule has 1 atom stereocenters. The van der Waals surface area contributed by atoms with E-state index < -0.39 is 11.9 Å². The topological polar surface area (TPSA) is 81.4 Å². The first-order valence-corrected chi connectivity index (χ1v) is 6.52. The quantitative estimate of drug-likeness (QED) is 0.650. The Kier molecular flexibility index (Phi) is 5.13. The Labute approximate surface area is 119 Å². The summed E-state index contributed by atoms with van der Waals surface area (Å²) in [7, 11) is 0. The summed E-state index contributed by atoms with van der Waals surface area (Å²) in [4.78, 5) is 23.4. The zero-order valence-electron chi connectivity index (χ0n) is 12.4. The van der Waals surface area contributed by atoms with Gasteiger partial charge in [-0.1, -0.05) is 12.1 Å². The van der Waals surface area contributed by atoms with Crippen LogP contribution in [0.25, 0.3) is 0 Å². The molecule has 0 bridgehead atoms. The first kappa shape index (κ1) is 16.0. The van der Waals surface area contributed by atoms with Crippen molar-refractivity contribution in [3.8, 4) is 0 Å². The van der Waals surface area contributed by atoms with E-state index in [0.29, 0.717) is 5.69 Å². The third-order valence-electron chi connectivity index (χ3n) is 2.62. The first-order chi connectivity index (χ1) is 9.19. The fourth-order valence-electron chi connectivity index (χ4n) is 1.68. The van der Waals surface area contributed by atoms with Crippen LogP contribution in [-0.2, 0) is 14.3 Å². The number of anilines is 1. The van der Waals surface area contributed by atoms with Gasteiger partial charge in [-0.15, -0.1) is 0 Å². The van der Waals surface area contributed by atoms with Crippen LogP contribution in [-0.4, -0.2) is 24.0 Å². The Morgan fingerprint density at radius 2 is 2.00 bits per heavy atom. The Hall–Kier alpha value is -2.04. The number of hydrogen-bond acceptors (Lipinski definition) is 4. The van der Waals surface area contributed by atoms with E-state index in [9.17, 15) is 9.59 Å². The van der Waals surface area contributed by atoms with E-state index in [1.807, 2.05) is 20.8 Å². The van der Waals surface area contributed by atoms with Gasteiger partial charge in [0.2, 0.25) is 0 Å². The molecule has 1 unspecified atom stereocenters. The Morgan fingerprint density at radius 1 is 1.35 bits per heavy atom. The van der Waals surface area contributed by atoms with Gasteiger partial charge in [-0.05, 0) is 45.4 Å². The van der Waals surface area contributed by atoms with Gasteiger partial charge in [0.25, 0.3) is 5.91 Å². The van der Waals surface area contributed by atoms with E-state index in [1.165, 1.54) is 0 Å². The lowest BCUT2D eigenvalue weighted by atomic mass is 10.0. The third kappa shape index (κ3) is 5.30. The van der Waals surface area contributed by atoms with E-state index in [0.717, 1.165) is 5.56 Å². The largest absolute Gasteiger partial charge is 0.455 e. The number of nitrogens with one attached hydrogen (secondary N) is 1. The molecule has 0 radical (unpaired) electrons. The van der Waals surface area contributed by atoms with E-state index in [-0.39, 0.29) is 18.1 Å². The van der Waals surface area contributed by atoms with Gasteiger partial charge in [0.1, 0.15) is 0 Å². The van der Waals surface area contributed by atoms with Crippen LogP contribution in [0.15, 0.2) is 24.3 Å². The van der Waals surface area contributed by atoms with Crippen molar-refractivity contribution in [1.82, 2.24) is 5.32 Å². The van der Waals surface area contributed by atoms with Crippen LogP contribution < -0.4 is 11.1 Å². The van der Waals surface area contributed by atoms with Gasteiger partial charge < -0.3 is 15.8 Å². The number of benzene rings is 1. The number of rotatable bonds is 4. The van der Waals surface area contributed by atoms with Gasteiger partial charge >= 0.3 is 5.97 Å². The second-order valence-electron chi connectivity index (χ2n) is 5.80. The van der Waals surface area contributed by atoms with E-state index in [1.54, 1.807) is 31.2 Å². The summed E-state index contributed by atoms with van der Waals surface area (Å²) in [6.45, 7) is 7.04. The monoisotopic (exact) mass is 278 g/mol. The molecule has 5 nitrogen and oxygen atoms in total. The number of ether oxygens (including phenoxy) is 1. The minimum absolute atomic E-state index is 0.275. The van der Waals surface area contributed by atoms with Crippen molar-refractivity contribution < 1.29 is 14.3 Å². The maximum atomic E-state index is 11.9. The maximum Gasteiger partial charge on any atom is 0.313 e. The van der Waals surface area contributed by atoms with Crippen LogP contribution in [0.2, 0.25) is 0 Å². The summed E-state index contributed by atoms with van der Waals surface area (Å²) in [5.74, 6) is -1.22. The lowest BCUT2D eigenvalue weighted by Crippen LogP contribution is -2.42. The molecule has 20 heavy (non-hydrogen) atoms. The molecule has 0 heterocycles. The molecule has 1 amide bonds. The van der Waals surface area contributed by atoms with Crippen molar-refractivity contribution in [2.24, 2.45) is 0 Å². The highest BCUT2D eigenvalue weighted by atomic mass is 16.5. The summed E-state index contributed by atoms with van der Waals surface area (Å²) >= 11 is 0. The smallest absolute Gasteiger partial charge is 0.313 e. The average Bonchev–Trinajstić information content (AvgIpc) is 2.33. The summed E-state index contributed by atoms with van der Waals surface area (Å²) in [5, 5.41) is 2.73. The molecule has 0 aliphatic heterocycles. The minimum atomic E-state index is -0.457. The van der Waals surface area contributed by atoms with Crippen molar-refractivity contribution in [1.29, 1.82) is 0 Å². The fourth-order valence-corrected chi connectivity index (χ4v) is 1.68. The standard InChI is InChI=1S/C15H22N2O3/c1-10(11-6-5-7-12(16)8-11)14(19)20-9-13(18)17-15(2,3)4/h5-8,10H,9,16H2,1-4H3,(H,17,18). The summed E-state index contributed by atoms with van der Waals surface area (Å²) in [6.07, 6.45) is 0. The van der Waals surface area contributed by atoms with Crippen molar-refractivity contribution in [3.63, 3.8) is 0 Å². The van der Waals surface area contributed by atoms with Crippen molar-refractivity contribution in [2.45, 2.75) is 39.2 Å². The number of carbonyl (C=O) groups is 2. The highest BCUT2D eigenvalue weighted by Crippen LogP contribution is 2.19. The van der Waals surface area contributed by atoms with Crippen molar-refractivity contribution >= 4 is 17.6 Å². The van der Waals surface area contributed by atoms with E-state index in [2.05, 4.69) is 5.32 Å². The Bertz CT molecular complexity index is 492. The lowest BCUT2D eigenvalue weighted by Gasteiger charge is -2.20. The molecule has 0 aliphatic carbocycles. The maximum absolute atomic E-state index is 11.9. The number of hydrogen-bond donors (Lipinski definition) is 2. The Morgan fingerprint density at radius 3 is 2.55 bits per heavy atom. The molecule has 0 saturated carbocycles. The number of nitrogen functional groups attached to an aromatic ring is 1. The van der Waals surface area contributed by atoms with Gasteiger partial charge in [-0.25, -0.2) is 0 Å². The summed E-state index contributed by atoms with van der Waals surface area (Å²) in [6, 6.07) is 7.05.